The molecule has 244 valence electrons. The van der Waals surface area contributed by atoms with Crippen molar-refractivity contribution in [2.24, 2.45) is 0 Å². The van der Waals surface area contributed by atoms with E-state index in [0.717, 1.165) is 0 Å². The minimum Gasteiger partial charge on any atom is -0.378 e. The number of fused-ring (bicyclic) bond motifs is 10. The Morgan fingerprint density at radius 2 is 0.633 bits per heavy atom. The molecule has 4 heteroatoms. The molecule has 4 nitrogen and oxygen atoms in total. The lowest BCUT2D eigenvalue weighted by atomic mass is 9.70. The highest BCUT2D eigenvalue weighted by atomic mass is 15.1. The summed E-state index contributed by atoms with van der Waals surface area (Å²) in [4.78, 5) is 8.77. The van der Waals surface area contributed by atoms with Gasteiger partial charge in [-0.1, -0.05) is 72.8 Å². The summed E-state index contributed by atoms with van der Waals surface area (Å²) in [5.41, 5.74) is 19.9. The van der Waals surface area contributed by atoms with E-state index in [1.165, 1.54) is 89.5 Å². The smallest absolute Gasteiger partial charge is 0.0725 e. The van der Waals surface area contributed by atoms with Gasteiger partial charge in [-0.3, -0.25) is 0 Å². The van der Waals surface area contributed by atoms with Crippen molar-refractivity contribution in [3.63, 3.8) is 0 Å². The Morgan fingerprint density at radius 3 is 0.980 bits per heavy atom. The Bertz CT molecular complexity index is 2050. The molecule has 0 saturated heterocycles. The van der Waals surface area contributed by atoms with Gasteiger partial charge in [-0.2, -0.15) is 0 Å². The zero-order valence-electron chi connectivity index (χ0n) is 29.8. The number of nitrogens with zero attached hydrogens (tertiary/aromatic N) is 4. The first-order chi connectivity index (χ1) is 23.6. The van der Waals surface area contributed by atoms with Crippen molar-refractivity contribution in [2.75, 3.05) is 76.0 Å². The fraction of sp³-hybridized carbons (Fsp3) is 0.200. The van der Waals surface area contributed by atoms with Crippen LogP contribution in [0.4, 0.5) is 22.7 Å². The molecule has 49 heavy (non-hydrogen) atoms. The maximum Gasteiger partial charge on any atom is 0.0725 e. The lowest BCUT2D eigenvalue weighted by Gasteiger charge is -2.31. The second kappa shape index (κ2) is 11.3. The van der Waals surface area contributed by atoms with Gasteiger partial charge in [0.15, 0.2) is 0 Å². The Kier molecular flexibility index (Phi) is 7.11. The molecule has 2 aliphatic rings. The van der Waals surface area contributed by atoms with Crippen molar-refractivity contribution in [3.05, 3.63) is 144 Å². The Morgan fingerprint density at radius 1 is 0.306 bits per heavy atom. The summed E-state index contributed by atoms with van der Waals surface area (Å²) in [5, 5.41) is 0. The normalized spacial score (nSPS) is 13.1. The molecule has 0 aliphatic heterocycles. The predicted octanol–water partition coefficient (Wildman–Crippen LogP) is 9.63. The van der Waals surface area contributed by atoms with Gasteiger partial charge in [-0.25, -0.2) is 0 Å². The Hall–Kier alpha value is -5.48. The fourth-order valence-electron chi connectivity index (χ4n) is 8.05. The third kappa shape index (κ3) is 4.65. The molecule has 0 heterocycles. The van der Waals surface area contributed by atoms with Gasteiger partial charge < -0.3 is 19.6 Å². The maximum atomic E-state index is 2.49. The number of anilines is 4. The molecule has 6 aromatic carbocycles. The van der Waals surface area contributed by atoms with Crippen LogP contribution in [-0.4, -0.2) is 56.4 Å². The molecule has 0 unspecified atom stereocenters. The average molecular weight is 641 g/mol. The molecule has 0 aromatic heterocycles. The lowest BCUT2D eigenvalue weighted by Crippen LogP contribution is -2.26. The van der Waals surface area contributed by atoms with Crippen LogP contribution in [0.3, 0.4) is 0 Å². The summed E-state index contributed by atoms with van der Waals surface area (Å²) in [6, 6.07) is 46.3. The Balaban J connectivity index is 1.42. The minimum atomic E-state index is -0.434. The molecule has 1 spiro atoms. The number of hydrogen-bond donors (Lipinski definition) is 0. The van der Waals surface area contributed by atoms with Crippen molar-refractivity contribution in [2.45, 2.75) is 5.41 Å². The van der Waals surface area contributed by atoms with E-state index in [9.17, 15) is 0 Å². The van der Waals surface area contributed by atoms with E-state index in [0.29, 0.717) is 0 Å². The second-order valence-corrected chi connectivity index (χ2v) is 14.4. The SMILES string of the molecule is CN(C)c1cc(-c2ccc3c(c2)C2(c4ccccc4-c4ccccc42)c2cc(-c4cc(N(C)C)cc(N(C)C)c4)ccc2-3)cc(N(C)C)c1. The van der Waals surface area contributed by atoms with Gasteiger partial charge in [0, 0.05) is 79.1 Å². The van der Waals surface area contributed by atoms with E-state index < -0.39 is 5.41 Å². The highest BCUT2D eigenvalue weighted by Crippen LogP contribution is 2.63. The van der Waals surface area contributed by atoms with Crippen molar-refractivity contribution < 1.29 is 0 Å². The molecule has 2 aliphatic carbocycles. The van der Waals surface area contributed by atoms with E-state index in [-0.39, 0.29) is 0 Å². The first kappa shape index (κ1) is 30.8. The van der Waals surface area contributed by atoms with Crippen LogP contribution in [0.5, 0.6) is 0 Å². The van der Waals surface area contributed by atoms with E-state index in [2.05, 4.69) is 197 Å². The molecular formula is C45H44N4. The van der Waals surface area contributed by atoms with Gasteiger partial charge in [-0.15, -0.1) is 0 Å². The van der Waals surface area contributed by atoms with E-state index in [1.807, 2.05) is 0 Å². The highest BCUT2D eigenvalue weighted by Gasteiger charge is 2.51. The van der Waals surface area contributed by atoms with E-state index in [4.69, 9.17) is 0 Å². The van der Waals surface area contributed by atoms with Gasteiger partial charge in [0.2, 0.25) is 0 Å². The molecule has 0 atom stereocenters. The van der Waals surface area contributed by atoms with Gasteiger partial charge in [0.1, 0.15) is 0 Å². The molecule has 8 rings (SSSR count). The second-order valence-electron chi connectivity index (χ2n) is 14.4. The summed E-state index contributed by atoms with van der Waals surface area (Å²) in [6.45, 7) is 0. The van der Waals surface area contributed by atoms with Crippen molar-refractivity contribution in [1.29, 1.82) is 0 Å². The molecule has 0 saturated carbocycles. The van der Waals surface area contributed by atoms with Crippen LogP contribution >= 0.6 is 0 Å². The summed E-state index contributed by atoms with van der Waals surface area (Å²) in [6.07, 6.45) is 0. The van der Waals surface area contributed by atoms with E-state index in [1.54, 1.807) is 0 Å². The summed E-state index contributed by atoms with van der Waals surface area (Å²) in [5.74, 6) is 0. The Labute approximate surface area is 291 Å². The highest BCUT2D eigenvalue weighted by molar-refractivity contribution is 5.97. The first-order valence-corrected chi connectivity index (χ1v) is 17.1. The summed E-state index contributed by atoms with van der Waals surface area (Å²) < 4.78 is 0. The zero-order chi connectivity index (χ0) is 34.2. The zero-order valence-corrected chi connectivity index (χ0v) is 29.8. The van der Waals surface area contributed by atoms with Crippen molar-refractivity contribution in [1.82, 2.24) is 0 Å². The molecule has 0 N–H and O–H groups in total. The van der Waals surface area contributed by atoms with Crippen LogP contribution in [0.15, 0.2) is 121 Å². The van der Waals surface area contributed by atoms with Crippen molar-refractivity contribution >= 4 is 22.7 Å². The van der Waals surface area contributed by atoms with Crippen LogP contribution in [-0.2, 0) is 5.41 Å². The molecule has 0 fully saturated rings. The molecule has 0 bridgehead atoms. The number of rotatable bonds is 6. The lowest BCUT2D eigenvalue weighted by molar-refractivity contribution is 0.794. The van der Waals surface area contributed by atoms with Crippen LogP contribution in [0, 0.1) is 0 Å². The third-order valence-electron chi connectivity index (χ3n) is 10.6. The predicted molar refractivity (Wildman–Crippen MR) is 211 cm³/mol. The largest absolute Gasteiger partial charge is 0.378 e. The fourth-order valence-corrected chi connectivity index (χ4v) is 8.05. The quantitative estimate of drug-likeness (QED) is 0.179. The number of benzene rings is 6. The van der Waals surface area contributed by atoms with Crippen LogP contribution < -0.4 is 19.6 Å². The molecule has 6 aromatic rings. The maximum absolute atomic E-state index is 2.49. The van der Waals surface area contributed by atoms with Crippen LogP contribution in [0.2, 0.25) is 0 Å². The molecule has 0 amide bonds. The van der Waals surface area contributed by atoms with Gasteiger partial charge in [0.05, 0.1) is 5.41 Å². The van der Waals surface area contributed by atoms with Gasteiger partial charge >= 0.3 is 0 Å². The summed E-state index contributed by atoms with van der Waals surface area (Å²) in [7, 11) is 16.9. The average Bonchev–Trinajstić information content (AvgIpc) is 3.57. The molecular weight excluding hydrogens is 597 g/mol. The van der Waals surface area contributed by atoms with Crippen LogP contribution in [0.25, 0.3) is 44.5 Å². The topological polar surface area (TPSA) is 13.0 Å². The summed E-state index contributed by atoms with van der Waals surface area (Å²) >= 11 is 0. The standard InChI is InChI=1S/C45H44N4/c1-46(2)33-21-31(22-34(27-33)47(3)4)29-17-19-39-40-20-18-30(32-23-35(48(5)6)28-36(24-32)49(7)8)26-44(40)45(43(39)25-29)41-15-11-9-13-37(41)38-14-10-12-16-42(38)45/h9-28H,1-8H3. The first-order valence-electron chi connectivity index (χ1n) is 17.1. The monoisotopic (exact) mass is 640 g/mol. The van der Waals surface area contributed by atoms with Gasteiger partial charge in [0.25, 0.3) is 0 Å². The third-order valence-corrected chi connectivity index (χ3v) is 10.6. The van der Waals surface area contributed by atoms with E-state index >= 15 is 0 Å². The van der Waals surface area contributed by atoms with Crippen molar-refractivity contribution in [3.8, 4) is 44.5 Å². The number of hydrogen-bond acceptors (Lipinski definition) is 4. The minimum absolute atomic E-state index is 0.434. The molecule has 0 radical (unpaired) electrons. The van der Waals surface area contributed by atoms with Crippen LogP contribution in [0.1, 0.15) is 22.3 Å². The van der Waals surface area contributed by atoms with Gasteiger partial charge in [-0.05, 0) is 115 Å².